The van der Waals surface area contributed by atoms with E-state index in [0.29, 0.717) is 22.6 Å². The van der Waals surface area contributed by atoms with Gasteiger partial charge in [0.25, 0.3) is 0 Å². The van der Waals surface area contributed by atoms with Gasteiger partial charge in [-0.05, 0) is 72.3 Å². The molecule has 0 bridgehead atoms. The van der Waals surface area contributed by atoms with Crippen molar-refractivity contribution in [3.8, 4) is 0 Å². The molecule has 0 saturated heterocycles. The summed E-state index contributed by atoms with van der Waals surface area (Å²) in [5.41, 5.74) is 11.9. The number of amidine groups is 1. The summed E-state index contributed by atoms with van der Waals surface area (Å²) in [6, 6.07) is 4.28. The first-order valence-corrected chi connectivity index (χ1v) is 7.84. The van der Waals surface area contributed by atoms with Gasteiger partial charge in [-0.25, -0.2) is 9.38 Å². The van der Waals surface area contributed by atoms with E-state index in [-0.39, 0.29) is 23.4 Å². The zero-order valence-corrected chi connectivity index (χ0v) is 13.3. The molecule has 1 aliphatic rings. The SMILES string of the molecule is NCC1CCC(C(=O)C(N)=Nc2ccc(F)c(Br)c2)CC1. The predicted octanol–water partition coefficient (Wildman–Crippen LogP) is 2.91. The maximum atomic E-state index is 13.2. The smallest absolute Gasteiger partial charge is 0.200 e. The molecule has 0 aliphatic heterocycles. The van der Waals surface area contributed by atoms with Crippen LogP contribution in [0.3, 0.4) is 0 Å². The third-order valence-electron chi connectivity index (χ3n) is 3.96. The van der Waals surface area contributed by atoms with E-state index < -0.39 is 0 Å². The summed E-state index contributed by atoms with van der Waals surface area (Å²) in [5, 5.41) is 0. The molecular formula is C15H19BrFN3O. The summed E-state index contributed by atoms with van der Waals surface area (Å²) < 4.78 is 13.5. The number of Topliss-reactive ketones (excluding diaryl/α,β-unsaturated/α-hetero) is 1. The average Bonchev–Trinajstić information content (AvgIpc) is 2.50. The highest BCUT2D eigenvalue weighted by atomic mass is 79.9. The highest BCUT2D eigenvalue weighted by Crippen LogP contribution is 2.29. The van der Waals surface area contributed by atoms with Crippen LogP contribution in [-0.4, -0.2) is 18.2 Å². The van der Waals surface area contributed by atoms with E-state index in [2.05, 4.69) is 20.9 Å². The van der Waals surface area contributed by atoms with Gasteiger partial charge in [-0.1, -0.05) is 0 Å². The van der Waals surface area contributed by atoms with Crippen molar-refractivity contribution in [1.29, 1.82) is 0 Å². The molecule has 1 aromatic carbocycles. The fraction of sp³-hybridized carbons (Fsp3) is 0.467. The molecular weight excluding hydrogens is 337 g/mol. The first kappa shape index (κ1) is 16.1. The Morgan fingerprint density at radius 2 is 2.00 bits per heavy atom. The number of rotatable bonds is 4. The minimum atomic E-state index is -0.376. The van der Waals surface area contributed by atoms with Gasteiger partial charge in [-0.2, -0.15) is 0 Å². The Hall–Kier alpha value is -1.27. The van der Waals surface area contributed by atoms with Gasteiger partial charge < -0.3 is 11.5 Å². The molecule has 0 spiro atoms. The van der Waals surface area contributed by atoms with Gasteiger partial charge in [0, 0.05) is 5.92 Å². The standard InChI is InChI=1S/C15H19BrFN3O/c16-12-7-11(5-6-13(12)17)20-15(19)14(21)10-3-1-9(8-18)2-4-10/h5-7,9-10H,1-4,8,18H2,(H2,19,20). The first-order valence-electron chi connectivity index (χ1n) is 7.04. The monoisotopic (exact) mass is 355 g/mol. The van der Waals surface area contributed by atoms with E-state index in [1.807, 2.05) is 0 Å². The lowest BCUT2D eigenvalue weighted by atomic mass is 9.80. The van der Waals surface area contributed by atoms with E-state index in [9.17, 15) is 9.18 Å². The molecule has 0 unspecified atom stereocenters. The van der Waals surface area contributed by atoms with Gasteiger partial charge in [0.1, 0.15) is 5.82 Å². The highest BCUT2D eigenvalue weighted by molar-refractivity contribution is 9.10. The molecule has 4 N–H and O–H groups in total. The zero-order chi connectivity index (χ0) is 15.4. The molecule has 1 aromatic rings. The molecule has 1 fully saturated rings. The Balaban J connectivity index is 2.05. The molecule has 0 radical (unpaired) electrons. The van der Waals surface area contributed by atoms with Crippen LogP contribution in [0.15, 0.2) is 27.7 Å². The molecule has 6 heteroatoms. The predicted molar refractivity (Wildman–Crippen MR) is 84.9 cm³/mol. The van der Waals surface area contributed by atoms with Gasteiger partial charge in [-0.3, -0.25) is 4.79 Å². The Morgan fingerprint density at radius 3 is 2.57 bits per heavy atom. The van der Waals surface area contributed by atoms with Crippen LogP contribution in [0, 0.1) is 17.7 Å². The number of ketones is 1. The van der Waals surface area contributed by atoms with E-state index in [0.717, 1.165) is 25.7 Å². The number of halogens is 2. The number of hydrogen-bond donors (Lipinski definition) is 2. The van der Waals surface area contributed by atoms with E-state index >= 15 is 0 Å². The lowest BCUT2D eigenvalue weighted by molar-refractivity contribution is -0.117. The summed E-state index contributed by atoms with van der Waals surface area (Å²) in [6.07, 6.45) is 3.54. The maximum Gasteiger partial charge on any atom is 0.200 e. The highest BCUT2D eigenvalue weighted by Gasteiger charge is 2.27. The molecule has 114 valence electrons. The number of hydrogen-bond acceptors (Lipinski definition) is 3. The van der Waals surface area contributed by atoms with Gasteiger partial charge in [0.15, 0.2) is 5.84 Å². The van der Waals surface area contributed by atoms with E-state index in [4.69, 9.17) is 11.5 Å². The number of carbonyl (C=O) groups is 1. The second-order valence-corrected chi connectivity index (χ2v) is 6.27. The van der Waals surface area contributed by atoms with Crippen molar-refractivity contribution >= 4 is 33.2 Å². The molecule has 0 aromatic heterocycles. The van der Waals surface area contributed by atoms with Crippen molar-refractivity contribution in [3.05, 3.63) is 28.5 Å². The average molecular weight is 356 g/mol. The van der Waals surface area contributed by atoms with E-state index in [1.165, 1.54) is 18.2 Å². The largest absolute Gasteiger partial charge is 0.381 e. The molecule has 4 nitrogen and oxygen atoms in total. The quantitative estimate of drug-likeness (QED) is 0.643. The van der Waals surface area contributed by atoms with Crippen molar-refractivity contribution in [2.45, 2.75) is 25.7 Å². The van der Waals surface area contributed by atoms with Crippen molar-refractivity contribution in [2.75, 3.05) is 6.54 Å². The number of benzene rings is 1. The van der Waals surface area contributed by atoms with Gasteiger partial charge in [0.2, 0.25) is 5.78 Å². The van der Waals surface area contributed by atoms with Crippen molar-refractivity contribution in [1.82, 2.24) is 0 Å². The van der Waals surface area contributed by atoms with Crippen LogP contribution in [0.5, 0.6) is 0 Å². The number of nitrogens with zero attached hydrogens (tertiary/aromatic N) is 1. The molecule has 0 amide bonds. The van der Waals surface area contributed by atoms with Crippen LogP contribution in [0.2, 0.25) is 0 Å². The molecule has 1 saturated carbocycles. The maximum absolute atomic E-state index is 13.2. The molecule has 1 aliphatic carbocycles. The van der Waals surface area contributed by atoms with Crippen LogP contribution < -0.4 is 11.5 Å². The van der Waals surface area contributed by atoms with Crippen molar-refractivity contribution < 1.29 is 9.18 Å². The molecule has 0 heterocycles. The second kappa shape index (κ2) is 7.13. The lowest BCUT2D eigenvalue weighted by Crippen LogP contribution is -2.33. The fourth-order valence-corrected chi connectivity index (χ4v) is 2.98. The third kappa shape index (κ3) is 4.11. The van der Waals surface area contributed by atoms with Gasteiger partial charge in [0.05, 0.1) is 10.2 Å². The minimum absolute atomic E-state index is 0.00953. The van der Waals surface area contributed by atoms with Crippen LogP contribution in [0.4, 0.5) is 10.1 Å². The second-order valence-electron chi connectivity index (χ2n) is 5.41. The molecule has 0 atom stereocenters. The zero-order valence-electron chi connectivity index (χ0n) is 11.7. The lowest BCUT2D eigenvalue weighted by Gasteiger charge is -2.26. The van der Waals surface area contributed by atoms with Crippen molar-refractivity contribution in [3.63, 3.8) is 0 Å². The Labute approximate surface area is 131 Å². The summed E-state index contributed by atoms with van der Waals surface area (Å²) in [5.74, 6) is -0.0599. The Kier molecular flexibility index (Phi) is 5.47. The minimum Gasteiger partial charge on any atom is -0.381 e. The summed E-state index contributed by atoms with van der Waals surface area (Å²) >= 11 is 3.08. The van der Waals surface area contributed by atoms with Crippen LogP contribution in [0.25, 0.3) is 0 Å². The Morgan fingerprint density at radius 1 is 1.33 bits per heavy atom. The third-order valence-corrected chi connectivity index (χ3v) is 4.56. The fourth-order valence-electron chi connectivity index (χ4n) is 2.62. The van der Waals surface area contributed by atoms with Crippen LogP contribution in [-0.2, 0) is 4.79 Å². The molecule has 2 rings (SSSR count). The number of carbonyl (C=O) groups excluding carboxylic acids is 1. The van der Waals surface area contributed by atoms with Crippen molar-refractivity contribution in [2.24, 2.45) is 28.3 Å². The van der Waals surface area contributed by atoms with Crippen LogP contribution >= 0.6 is 15.9 Å². The van der Waals surface area contributed by atoms with Gasteiger partial charge in [-0.15, -0.1) is 0 Å². The Bertz CT molecular complexity index is 554. The molecule has 21 heavy (non-hydrogen) atoms. The first-order chi connectivity index (χ1) is 10.0. The summed E-state index contributed by atoms with van der Waals surface area (Å²) in [6.45, 7) is 0.675. The normalized spacial score (nSPS) is 23.1. The topological polar surface area (TPSA) is 81.5 Å². The number of aliphatic imine (C=N–C) groups is 1. The summed E-state index contributed by atoms with van der Waals surface area (Å²) in [7, 11) is 0. The number of nitrogens with two attached hydrogens (primary N) is 2. The van der Waals surface area contributed by atoms with Gasteiger partial charge >= 0.3 is 0 Å². The summed E-state index contributed by atoms with van der Waals surface area (Å²) in [4.78, 5) is 16.4. The van der Waals surface area contributed by atoms with E-state index in [1.54, 1.807) is 0 Å². The van der Waals surface area contributed by atoms with Crippen LogP contribution in [0.1, 0.15) is 25.7 Å².